The minimum Gasteiger partial charge on any atom is -0.459 e. The molecule has 16 heavy (non-hydrogen) atoms. The van der Waals surface area contributed by atoms with Gasteiger partial charge in [0.15, 0.2) is 0 Å². The number of carbonyl (C=O) groups excluding carboxylic acids is 2. The van der Waals surface area contributed by atoms with E-state index in [4.69, 9.17) is 4.74 Å². The summed E-state index contributed by atoms with van der Waals surface area (Å²) in [7, 11) is 0. The highest BCUT2D eigenvalue weighted by molar-refractivity contribution is 5.75. The molecule has 0 aliphatic carbocycles. The maximum Gasteiger partial charge on any atom is 0.323 e. The summed E-state index contributed by atoms with van der Waals surface area (Å²) in [6.45, 7) is 9.72. The van der Waals surface area contributed by atoms with Crippen molar-refractivity contribution in [2.75, 3.05) is 13.1 Å². The predicted octanol–water partition coefficient (Wildman–Crippen LogP) is 0.442. The van der Waals surface area contributed by atoms with Crippen molar-refractivity contribution in [1.29, 1.82) is 0 Å². The van der Waals surface area contributed by atoms with Crippen LogP contribution in [-0.2, 0) is 14.3 Å². The lowest BCUT2D eigenvalue weighted by molar-refractivity contribution is -0.156. The van der Waals surface area contributed by atoms with E-state index < -0.39 is 5.60 Å². The maximum absolute atomic E-state index is 11.5. The van der Waals surface area contributed by atoms with Gasteiger partial charge in [0.25, 0.3) is 0 Å². The zero-order valence-corrected chi connectivity index (χ0v) is 10.7. The number of esters is 1. The van der Waals surface area contributed by atoms with Crippen LogP contribution < -0.4 is 10.6 Å². The van der Waals surface area contributed by atoms with Crippen LogP contribution in [0.25, 0.3) is 0 Å². The first-order valence-electron chi connectivity index (χ1n) is 5.43. The molecule has 5 nitrogen and oxygen atoms in total. The van der Waals surface area contributed by atoms with Gasteiger partial charge in [-0.3, -0.25) is 9.59 Å². The quantitative estimate of drug-likeness (QED) is 0.531. The molecule has 0 aromatic carbocycles. The average Bonchev–Trinajstić information content (AvgIpc) is 2.08. The molecule has 0 aromatic rings. The molecule has 0 spiro atoms. The van der Waals surface area contributed by atoms with Crippen molar-refractivity contribution in [3.63, 3.8) is 0 Å². The number of hydrogen-bond acceptors (Lipinski definition) is 4. The lowest BCUT2D eigenvalue weighted by Crippen LogP contribution is -2.42. The summed E-state index contributed by atoms with van der Waals surface area (Å²) in [5.41, 5.74) is -0.468. The molecule has 0 fully saturated rings. The van der Waals surface area contributed by atoms with Gasteiger partial charge in [-0.25, -0.2) is 0 Å². The van der Waals surface area contributed by atoms with E-state index in [2.05, 4.69) is 10.6 Å². The number of carbonyl (C=O) groups is 2. The van der Waals surface area contributed by atoms with Gasteiger partial charge in [-0.1, -0.05) is 0 Å². The summed E-state index contributed by atoms with van der Waals surface area (Å²) >= 11 is 0. The Morgan fingerprint density at radius 3 is 2.25 bits per heavy atom. The zero-order valence-electron chi connectivity index (χ0n) is 10.7. The average molecular weight is 230 g/mol. The molecule has 0 saturated carbocycles. The van der Waals surface area contributed by atoms with E-state index in [0.29, 0.717) is 13.1 Å². The van der Waals surface area contributed by atoms with Gasteiger partial charge < -0.3 is 15.4 Å². The van der Waals surface area contributed by atoms with E-state index in [-0.39, 0.29) is 17.9 Å². The summed E-state index contributed by atoms with van der Waals surface area (Å²) in [4.78, 5) is 22.1. The maximum atomic E-state index is 11.5. The normalized spacial score (nSPS) is 13.1. The summed E-state index contributed by atoms with van der Waals surface area (Å²) < 4.78 is 5.19. The van der Waals surface area contributed by atoms with Crippen LogP contribution in [0.15, 0.2) is 0 Å². The van der Waals surface area contributed by atoms with Gasteiger partial charge in [-0.15, -0.1) is 0 Å². The van der Waals surface area contributed by atoms with E-state index in [1.165, 1.54) is 6.92 Å². The first-order chi connectivity index (χ1) is 7.22. The molecule has 0 unspecified atom stereocenters. The predicted molar refractivity (Wildman–Crippen MR) is 62.0 cm³/mol. The molecule has 1 atom stereocenters. The summed E-state index contributed by atoms with van der Waals surface area (Å²) in [5.74, 6) is -0.359. The van der Waals surface area contributed by atoms with Crippen LogP contribution >= 0.6 is 0 Å². The Hall–Kier alpha value is -1.10. The highest BCUT2D eigenvalue weighted by Gasteiger charge is 2.20. The fraction of sp³-hybridized carbons (Fsp3) is 0.818. The smallest absolute Gasteiger partial charge is 0.323 e. The van der Waals surface area contributed by atoms with Gasteiger partial charge >= 0.3 is 5.97 Å². The molecule has 0 saturated heterocycles. The lowest BCUT2D eigenvalue weighted by Gasteiger charge is -2.22. The molecule has 0 bridgehead atoms. The van der Waals surface area contributed by atoms with E-state index in [0.717, 1.165) is 0 Å². The van der Waals surface area contributed by atoms with Crippen molar-refractivity contribution < 1.29 is 14.3 Å². The Bertz CT molecular complexity index is 246. The zero-order chi connectivity index (χ0) is 12.8. The second kappa shape index (κ2) is 6.48. The molecule has 0 aliphatic rings. The third kappa shape index (κ3) is 8.23. The molecule has 5 heteroatoms. The van der Waals surface area contributed by atoms with Crippen molar-refractivity contribution in [1.82, 2.24) is 10.6 Å². The second-order valence-corrected chi connectivity index (χ2v) is 4.69. The Morgan fingerprint density at radius 2 is 1.81 bits per heavy atom. The van der Waals surface area contributed by atoms with E-state index in [9.17, 15) is 9.59 Å². The number of hydrogen-bond donors (Lipinski definition) is 2. The van der Waals surface area contributed by atoms with Gasteiger partial charge in [0, 0.05) is 20.0 Å². The standard InChI is InChI=1S/C11H22N2O3/c1-8(10(15)16-11(3,4)5)12-6-7-13-9(2)14/h8,12H,6-7H2,1-5H3,(H,13,14)/t8-/m0/s1. The van der Waals surface area contributed by atoms with Crippen LogP contribution in [0.5, 0.6) is 0 Å². The van der Waals surface area contributed by atoms with Crippen molar-refractivity contribution >= 4 is 11.9 Å². The first-order valence-corrected chi connectivity index (χ1v) is 5.43. The van der Waals surface area contributed by atoms with E-state index >= 15 is 0 Å². The Balaban J connectivity index is 3.76. The minimum atomic E-state index is -0.468. The Morgan fingerprint density at radius 1 is 1.25 bits per heavy atom. The fourth-order valence-corrected chi connectivity index (χ4v) is 1.00. The summed E-state index contributed by atoms with van der Waals surface area (Å²) in [6.07, 6.45) is 0. The molecule has 0 radical (unpaired) electrons. The van der Waals surface area contributed by atoms with Crippen LogP contribution in [-0.4, -0.2) is 36.6 Å². The first kappa shape index (κ1) is 14.9. The molecule has 0 heterocycles. The minimum absolute atomic E-state index is 0.0771. The van der Waals surface area contributed by atoms with Crippen molar-refractivity contribution in [2.45, 2.75) is 46.3 Å². The van der Waals surface area contributed by atoms with E-state index in [1.54, 1.807) is 6.92 Å². The largest absolute Gasteiger partial charge is 0.459 e. The SMILES string of the molecule is CC(=O)NCCN[C@@H](C)C(=O)OC(C)(C)C. The number of rotatable bonds is 5. The third-order valence-corrected chi connectivity index (χ3v) is 1.71. The molecule has 0 aliphatic heterocycles. The van der Waals surface area contributed by atoms with Crippen molar-refractivity contribution in [3.05, 3.63) is 0 Å². The van der Waals surface area contributed by atoms with Gasteiger partial charge in [0.1, 0.15) is 11.6 Å². The molecule has 2 N–H and O–H groups in total. The summed E-state index contributed by atoms with van der Waals surface area (Å²) in [5, 5.41) is 5.61. The third-order valence-electron chi connectivity index (χ3n) is 1.71. The molecule has 94 valence electrons. The van der Waals surface area contributed by atoms with Gasteiger partial charge in [0.05, 0.1) is 0 Å². The topological polar surface area (TPSA) is 67.4 Å². The van der Waals surface area contributed by atoms with Crippen LogP contribution in [0.1, 0.15) is 34.6 Å². The molecular formula is C11H22N2O3. The van der Waals surface area contributed by atoms with Crippen LogP contribution in [0.4, 0.5) is 0 Å². The summed E-state index contributed by atoms with van der Waals surface area (Å²) in [6, 6.07) is -0.368. The monoisotopic (exact) mass is 230 g/mol. The molecule has 1 amide bonds. The number of amides is 1. The Labute approximate surface area is 96.9 Å². The van der Waals surface area contributed by atoms with E-state index in [1.807, 2.05) is 20.8 Å². The Kier molecular flexibility index (Phi) is 6.03. The van der Waals surface area contributed by atoms with Crippen LogP contribution in [0.3, 0.4) is 0 Å². The molecule has 0 aromatic heterocycles. The number of ether oxygens (including phenoxy) is 1. The lowest BCUT2D eigenvalue weighted by atomic mass is 10.2. The fourth-order valence-electron chi connectivity index (χ4n) is 1.00. The highest BCUT2D eigenvalue weighted by Crippen LogP contribution is 2.07. The molecule has 0 rings (SSSR count). The van der Waals surface area contributed by atoms with Crippen LogP contribution in [0, 0.1) is 0 Å². The van der Waals surface area contributed by atoms with Crippen LogP contribution in [0.2, 0.25) is 0 Å². The highest BCUT2D eigenvalue weighted by atomic mass is 16.6. The van der Waals surface area contributed by atoms with Gasteiger partial charge in [0.2, 0.25) is 5.91 Å². The van der Waals surface area contributed by atoms with Gasteiger partial charge in [-0.2, -0.15) is 0 Å². The van der Waals surface area contributed by atoms with Crippen molar-refractivity contribution in [3.8, 4) is 0 Å². The van der Waals surface area contributed by atoms with Gasteiger partial charge in [-0.05, 0) is 27.7 Å². The van der Waals surface area contributed by atoms with Crippen molar-refractivity contribution in [2.24, 2.45) is 0 Å². The second-order valence-electron chi connectivity index (χ2n) is 4.69. The number of nitrogens with one attached hydrogen (secondary N) is 2. The molecular weight excluding hydrogens is 208 g/mol.